The number of non-ortho nitro benzene ring substituents is 1. The van der Waals surface area contributed by atoms with Crippen LogP contribution in [0.25, 0.3) is 16.7 Å². The van der Waals surface area contributed by atoms with Gasteiger partial charge in [-0.1, -0.05) is 11.6 Å². The fourth-order valence-electron chi connectivity index (χ4n) is 3.08. The third-order valence-electron chi connectivity index (χ3n) is 4.47. The highest BCUT2D eigenvalue weighted by Crippen LogP contribution is 2.20. The predicted octanol–water partition coefficient (Wildman–Crippen LogP) is 3.33. The number of carbonyl (C=O) groups excluding carboxylic acids is 1. The molecule has 0 aliphatic carbocycles. The van der Waals surface area contributed by atoms with Crippen LogP contribution in [0.1, 0.15) is 18.5 Å². The van der Waals surface area contributed by atoms with Gasteiger partial charge in [0.1, 0.15) is 12.3 Å². The minimum Gasteiger partial charge on any atom is -0.459 e. The second kappa shape index (κ2) is 7.99. The molecular formula is C19H15ClN4O6. The minimum atomic E-state index is -0.637. The molecule has 0 saturated carbocycles. The number of fused-ring (bicyclic) bond motifs is 2. The monoisotopic (exact) mass is 430 g/mol. The minimum absolute atomic E-state index is 0.0242. The Morgan fingerprint density at radius 3 is 2.90 bits per heavy atom. The number of rotatable bonds is 7. The van der Waals surface area contributed by atoms with Crippen LogP contribution in [-0.2, 0) is 22.7 Å². The van der Waals surface area contributed by atoms with Crippen LogP contribution in [0.2, 0.25) is 5.02 Å². The quantitative estimate of drug-likeness (QED) is 0.250. The lowest BCUT2D eigenvalue weighted by Crippen LogP contribution is -2.15. The van der Waals surface area contributed by atoms with Crippen molar-refractivity contribution in [3.63, 3.8) is 0 Å². The molecular weight excluding hydrogens is 416 g/mol. The number of oxazole rings is 1. The summed E-state index contributed by atoms with van der Waals surface area (Å²) in [6, 6.07) is 7.43. The van der Waals surface area contributed by atoms with Gasteiger partial charge in [-0.3, -0.25) is 19.5 Å². The number of hydrogen-bond acceptors (Lipinski definition) is 7. The number of aromatic nitrogens is 3. The Morgan fingerprint density at radius 2 is 2.10 bits per heavy atom. The zero-order valence-electron chi connectivity index (χ0n) is 15.5. The first-order valence-electron chi connectivity index (χ1n) is 8.97. The predicted molar refractivity (Wildman–Crippen MR) is 106 cm³/mol. The average molecular weight is 431 g/mol. The normalized spacial score (nSPS) is 11.2. The van der Waals surface area contributed by atoms with Gasteiger partial charge < -0.3 is 13.6 Å². The topological polar surface area (TPSA) is 122 Å². The van der Waals surface area contributed by atoms with Crippen LogP contribution in [0.3, 0.4) is 0 Å². The van der Waals surface area contributed by atoms with Crippen LogP contribution < -0.4 is 5.76 Å². The SMILES string of the molecule is O=C(CCCn1c(=O)oc2cc([N+](=O)[O-])ccc21)OCc1cn2cc(Cl)ccc2n1. The number of aryl methyl sites for hydroxylation is 1. The molecule has 0 saturated heterocycles. The number of imidazole rings is 1. The third-order valence-corrected chi connectivity index (χ3v) is 4.69. The van der Waals surface area contributed by atoms with Crippen LogP contribution in [-0.4, -0.2) is 24.8 Å². The molecule has 0 fully saturated rings. The van der Waals surface area contributed by atoms with E-state index in [9.17, 15) is 19.7 Å². The van der Waals surface area contributed by atoms with Gasteiger partial charge in [0.15, 0.2) is 5.58 Å². The van der Waals surface area contributed by atoms with Crippen molar-refractivity contribution >= 4 is 40.0 Å². The van der Waals surface area contributed by atoms with E-state index in [1.165, 1.54) is 22.8 Å². The summed E-state index contributed by atoms with van der Waals surface area (Å²) in [6.45, 7) is 0.238. The van der Waals surface area contributed by atoms with Crippen molar-refractivity contribution in [1.82, 2.24) is 14.0 Å². The molecule has 1 aromatic carbocycles. The molecule has 4 rings (SSSR count). The molecule has 11 heteroatoms. The van der Waals surface area contributed by atoms with E-state index in [-0.39, 0.29) is 30.8 Å². The summed E-state index contributed by atoms with van der Waals surface area (Å²) in [7, 11) is 0. The Kier molecular flexibility index (Phi) is 5.23. The standard InChI is InChI=1S/C19H15ClN4O6/c20-12-3-6-17-21-13(10-22(17)9-12)11-29-18(25)2-1-7-23-15-5-4-14(24(27)28)8-16(15)30-19(23)26/h3-6,8-10H,1-2,7,11H2. The first-order chi connectivity index (χ1) is 14.4. The van der Waals surface area contributed by atoms with Gasteiger partial charge in [0, 0.05) is 31.4 Å². The molecule has 0 aliphatic heterocycles. The summed E-state index contributed by atoms with van der Waals surface area (Å²) in [6.07, 6.45) is 3.86. The van der Waals surface area contributed by atoms with Crippen LogP contribution >= 0.6 is 11.6 Å². The fourth-order valence-corrected chi connectivity index (χ4v) is 3.24. The van der Waals surface area contributed by atoms with Crippen LogP contribution in [0, 0.1) is 10.1 Å². The van der Waals surface area contributed by atoms with E-state index < -0.39 is 16.6 Å². The molecule has 0 radical (unpaired) electrons. The highest BCUT2D eigenvalue weighted by Gasteiger charge is 2.14. The first kappa shape index (κ1) is 19.6. The van der Waals surface area contributed by atoms with Gasteiger partial charge in [-0.25, -0.2) is 9.78 Å². The second-order valence-corrected chi connectivity index (χ2v) is 6.97. The number of benzene rings is 1. The largest absolute Gasteiger partial charge is 0.459 e. The Morgan fingerprint density at radius 1 is 1.27 bits per heavy atom. The maximum atomic E-state index is 12.0. The van der Waals surface area contributed by atoms with Gasteiger partial charge in [-0.15, -0.1) is 0 Å². The Balaban J connectivity index is 1.33. The van der Waals surface area contributed by atoms with Gasteiger partial charge >= 0.3 is 11.7 Å². The van der Waals surface area contributed by atoms with E-state index in [0.29, 0.717) is 28.3 Å². The van der Waals surface area contributed by atoms with Gasteiger partial charge in [0.05, 0.1) is 27.2 Å². The summed E-state index contributed by atoms with van der Waals surface area (Å²) >= 11 is 5.93. The van der Waals surface area contributed by atoms with Gasteiger partial charge in [-0.05, 0) is 24.6 Å². The Hall–Kier alpha value is -3.66. The molecule has 3 heterocycles. The molecule has 30 heavy (non-hydrogen) atoms. The molecule has 0 atom stereocenters. The maximum absolute atomic E-state index is 12.0. The number of nitro benzene ring substituents is 1. The van der Waals surface area contributed by atoms with Gasteiger partial charge in [0.25, 0.3) is 5.69 Å². The highest BCUT2D eigenvalue weighted by molar-refractivity contribution is 6.30. The van der Waals surface area contributed by atoms with E-state index in [1.807, 2.05) is 0 Å². The molecule has 4 aromatic rings. The van der Waals surface area contributed by atoms with Crippen molar-refractivity contribution in [2.24, 2.45) is 0 Å². The average Bonchev–Trinajstić information content (AvgIpc) is 3.25. The molecule has 0 unspecified atom stereocenters. The summed E-state index contributed by atoms with van der Waals surface area (Å²) in [5, 5.41) is 11.4. The molecule has 0 bridgehead atoms. The summed E-state index contributed by atoms with van der Waals surface area (Å²) in [5.74, 6) is -1.07. The zero-order valence-corrected chi connectivity index (χ0v) is 16.2. The first-order valence-corrected chi connectivity index (χ1v) is 9.35. The van der Waals surface area contributed by atoms with E-state index in [4.69, 9.17) is 20.8 Å². The van der Waals surface area contributed by atoms with Crippen LogP contribution in [0.15, 0.2) is 51.9 Å². The molecule has 10 nitrogen and oxygen atoms in total. The van der Waals surface area contributed by atoms with E-state index in [2.05, 4.69) is 4.98 Å². The third kappa shape index (κ3) is 4.03. The van der Waals surface area contributed by atoms with Crippen molar-refractivity contribution in [2.75, 3.05) is 0 Å². The molecule has 0 amide bonds. The number of halogens is 1. The zero-order chi connectivity index (χ0) is 21.3. The summed E-state index contributed by atoms with van der Waals surface area (Å²) in [4.78, 5) is 38.6. The van der Waals surface area contributed by atoms with Crippen LogP contribution in [0.5, 0.6) is 0 Å². The van der Waals surface area contributed by atoms with Crippen molar-refractivity contribution in [3.05, 3.63) is 74.1 Å². The lowest BCUT2D eigenvalue weighted by Gasteiger charge is -2.04. The lowest BCUT2D eigenvalue weighted by molar-refractivity contribution is -0.384. The van der Waals surface area contributed by atoms with E-state index in [1.54, 1.807) is 28.9 Å². The summed E-state index contributed by atoms with van der Waals surface area (Å²) in [5.41, 5.74) is 1.67. The Bertz CT molecular complexity index is 1320. The van der Waals surface area contributed by atoms with Crippen molar-refractivity contribution in [3.8, 4) is 0 Å². The Labute approximate surface area is 173 Å². The molecule has 154 valence electrons. The number of ether oxygens (including phenoxy) is 1. The number of esters is 1. The van der Waals surface area contributed by atoms with Crippen LogP contribution in [0.4, 0.5) is 5.69 Å². The smallest absolute Gasteiger partial charge is 0.419 e. The lowest BCUT2D eigenvalue weighted by atomic mass is 10.2. The van der Waals surface area contributed by atoms with Gasteiger partial charge in [-0.2, -0.15) is 0 Å². The molecule has 3 aromatic heterocycles. The summed E-state index contributed by atoms with van der Waals surface area (Å²) < 4.78 is 13.4. The molecule has 0 aliphatic rings. The fraction of sp³-hybridized carbons (Fsp3) is 0.211. The van der Waals surface area contributed by atoms with Gasteiger partial charge in [0.2, 0.25) is 0 Å². The number of nitro groups is 1. The second-order valence-electron chi connectivity index (χ2n) is 6.54. The molecule has 0 N–H and O–H groups in total. The number of hydrogen-bond donors (Lipinski definition) is 0. The molecule has 0 spiro atoms. The highest BCUT2D eigenvalue weighted by atomic mass is 35.5. The maximum Gasteiger partial charge on any atom is 0.419 e. The van der Waals surface area contributed by atoms with Crippen molar-refractivity contribution in [2.45, 2.75) is 26.0 Å². The van der Waals surface area contributed by atoms with Crippen molar-refractivity contribution < 1.29 is 18.9 Å². The van der Waals surface area contributed by atoms with E-state index in [0.717, 1.165) is 0 Å². The van der Waals surface area contributed by atoms with Crippen molar-refractivity contribution in [1.29, 1.82) is 0 Å². The number of carbonyl (C=O) groups is 1. The number of pyridine rings is 1. The number of nitrogens with zero attached hydrogens (tertiary/aromatic N) is 4. The van der Waals surface area contributed by atoms with E-state index >= 15 is 0 Å².